The van der Waals surface area contributed by atoms with Gasteiger partial charge in [0.1, 0.15) is 4.88 Å². The number of thiophene rings is 1. The maximum Gasteiger partial charge on any atom is 0.263 e. The molecular weight excluding hydrogens is 220 g/mol. The smallest absolute Gasteiger partial charge is 0.263 e. The van der Waals surface area contributed by atoms with E-state index in [4.69, 9.17) is 5.73 Å². The molecule has 0 spiro atoms. The van der Waals surface area contributed by atoms with Gasteiger partial charge < -0.3 is 11.1 Å². The number of nitrogens with two attached hydrogens (primary N) is 1. The Bertz CT molecular complexity index is 375. The van der Waals surface area contributed by atoms with E-state index in [1.165, 1.54) is 30.6 Å². The number of carbonyl (C=O) groups is 1. The lowest BCUT2D eigenvalue weighted by molar-refractivity contribution is 0.0952. The van der Waals surface area contributed by atoms with E-state index < -0.39 is 0 Å². The van der Waals surface area contributed by atoms with Crippen molar-refractivity contribution in [3.05, 3.63) is 16.3 Å². The van der Waals surface area contributed by atoms with Crippen molar-refractivity contribution < 1.29 is 4.79 Å². The van der Waals surface area contributed by atoms with Gasteiger partial charge in [-0.3, -0.25) is 4.79 Å². The van der Waals surface area contributed by atoms with E-state index in [0.717, 1.165) is 12.5 Å². The van der Waals surface area contributed by atoms with Gasteiger partial charge in [-0.25, -0.2) is 0 Å². The Morgan fingerprint density at radius 2 is 2.44 bits per heavy atom. The van der Waals surface area contributed by atoms with Gasteiger partial charge in [0.15, 0.2) is 0 Å². The number of amides is 1. The third kappa shape index (κ3) is 2.55. The summed E-state index contributed by atoms with van der Waals surface area (Å²) in [7, 11) is 0. The van der Waals surface area contributed by atoms with Crippen molar-refractivity contribution in [1.29, 1.82) is 0 Å². The van der Waals surface area contributed by atoms with Crippen LogP contribution in [0.25, 0.3) is 0 Å². The molecule has 1 heterocycles. The number of nitrogens with one attached hydrogen (secondary N) is 1. The Morgan fingerprint density at radius 1 is 1.62 bits per heavy atom. The van der Waals surface area contributed by atoms with Crippen LogP contribution in [0, 0.1) is 11.8 Å². The number of carbonyl (C=O) groups excluding carboxylic acids is 1. The van der Waals surface area contributed by atoms with Crippen LogP contribution in [0.1, 0.15) is 35.9 Å². The molecule has 2 unspecified atom stereocenters. The van der Waals surface area contributed by atoms with Crippen LogP contribution in [-0.2, 0) is 0 Å². The largest absolute Gasteiger partial charge is 0.397 e. The van der Waals surface area contributed by atoms with E-state index in [1.54, 1.807) is 6.07 Å². The minimum atomic E-state index is -0.0212. The molecule has 3 nitrogen and oxygen atoms in total. The van der Waals surface area contributed by atoms with Gasteiger partial charge in [0, 0.05) is 6.54 Å². The molecule has 0 aromatic carbocycles. The maximum atomic E-state index is 11.8. The lowest BCUT2D eigenvalue weighted by Gasteiger charge is -2.10. The summed E-state index contributed by atoms with van der Waals surface area (Å²) < 4.78 is 0. The minimum Gasteiger partial charge on any atom is -0.397 e. The second-order valence-electron chi connectivity index (χ2n) is 4.70. The van der Waals surface area contributed by atoms with E-state index in [-0.39, 0.29) is 5.91 Å². The first kappa shape index (κ1) is 11.5. The first-order valence-electron chi connectivity index (χ1n) is 5.78. The Labute approximate surface area is 100 Å². The standard InChI is InChI=1S/C12H18N2OS/c1-8-2-3-9(6-8)7-14-12(15)11-10(13)4-5-16-11/h4-5,8-9H,2-3,6-7,13H2,1H3,(H,14,15). The highest BCUT2D eigenvalue weighted by Gasteiger charge is 2.22. The molecule has 1 aromatic rings. The van der Waals surface area contributed by atoms with E-state index in [9.17, 15) is 4.79 Å². The average molecular weight is 238 g/mol. The maximum absolute atomic E-state index is 11.8. The van der Waals surface area contributed by atoms with Crippen LogP contribution in [0.4, 0.5) is 5.69 Å². The topological polar surface area (TPSA) is 55.1 Å². The molecule has 0 aliphatic heterocycles. The molecule has 1 aliphatic rings. The Kier molecular flexibility index (Phi) is 3.49. The summed E-state index contributed by atoms with van der Waals surface area (Å²) in [5, 5.41) is 4.83. The fourth-order valence-electron chi connectivity index (χ4n) is 2.33. The third-order valence-corrected chi connectivity index (χ3v) is 4.19. The van der Waals surface area contributed by atoms with Crippen molar-refractivity contribution in [2.45, 2.75) is 26.2 Å². The van der Waals surface area contributed by atoms with Crippen molar-refractivity contribution in [1.82, 2.24) is 5.32 Å². The molecular formula is C12H18N2OS. The summed E-state index contributed by atoms with van der Waals surface area (Å²) in [5.74, 6) is 1.45. The molecule has 0 radical (unpaired) electrons. The quantitative estimate of drug-likeness (QED) is 0.850. The second-order valence-corrected chi connectivity index (χ2v) is 5.62. The molecule has 1 aromatic heterocycles. The van der Waals surface area contributed by atoms with Gasteiger partial charge in [-0.2, -0.15) is 0 Å². The summed E-state index contributed by atoms with van der Waals surface area (Å²) in [4.78, 5) is 12.4. The van der Waals surface area contributed by atoms with Crippen LogP contribution in [0.3, 0.4) is 0 Å². The average Bonchev–Trinajstić information content (AvgIpc) is 2.84. The van der Waals surface area contributed by atoms with Crippen LogP contribution in [0.2, 0.25) is 0 Å². The first-order chi connectivity index (χ1) is 7.66. The van der Waals surface area contributed by atoms with Gasteiger partial charge in [-0.1, -0.05) is 13.3 Å². The third-order valence-electron chi connectivity index (χ3n) is 3.26. The molecule has 1 saturated carbocycles. The Hall–Kier alpha value is -1.03. The summed E-state index contributed by atoms with van der Waals surface area (Å²) >= 11 is 1.40. The van der Waals surface area contributed by atoms with Gasteiger partial charge in [0.05, 0.1) is 5.69 Å². The van der Waals surface area contributed by atoms with Crippen LogP contribution in [0.15, 0.2) is 11.4 Å². The zero-order valence-corrected chi connectivity index (χ0v) is 10.3. The molecule has 1 amide bonds. The highest BCUT2D eigenvalue weighted by Crippen LogP contribution is 2.29. The number of rotatable bonds is 3. The first-order valence-corrected chi connectivity index (χ1v) is 6.66. The van der Waals surface area contributed by atoms with Crippen molar-refractivity contribution in [3.8, 4) is 0 Å². The lowest BCUT2D eigenvalue weighted by Crippen LogP contribution is -2.28. The predicted molar refractivity (Wildman–Crippen MR) is 67.6 cm³/mol. The summed E-state index contributed by atoms with van der Waals surface area (Å²) in [6, 6.07) is 1.78. The van der Waals surface area contributed by atoms with Crippen molar-refractivity contribution in [2.24, 2.45) is 11.8 Å². The van der Waals surface area contributed by atoms with E-state index in [1.807, 2.05) is 5.38 Å². The Balaban J connectivity index is 1.82. The van der Waals surface area contributed by atoms with Gasteiger partial charge in [0.2, 0.25) is 0 Å². The van der Waals surface area contributed by atoms with Gasteiger partial charge in [0.25, 0.3) is 5.91 Å². The fraction of sp³-hybridized carbons (Fsp3) is 0.583. The Morgan fingerprint density at radius 3 is 3.00 bits per heavy atom. The van der Waals surface area contributed by atoms with Crippen molar-refractivity contribution >= 4 is 22.9 Å². The van der Waals surface area contributed by atoms with Gasteiger partial charge in [-0.05, 0) is 36.1 Å². The highest BCUT2D eigenvalue weighted by molar-refractivity contribution is 7.12. The molecule has 4 heteroatoms. The van der Waals surface area contributed by atoms with Gasteiger partial charge in [-0.15, -0.1) is 11.3 Å². The van der Waals surface area contributed by atoms with Crippen LogP contribution in [-0.4, -0.2) is 12.5 Å². The predicted octanol–water partition coefficient (Wildman–Crippen LogP) is 2.50. The van der Waals surface area contributed by atoms with Crippen molar-refractivity contribution in [2.75, 3.05) is 12.3 Å². The summed E-state index contributed by atoms with van der Waals surface area (Å²) in [6.45, 7) is 3.07. The molecule has 0 saturated heterocycles. The normalized spacial score (nSPS) is 24.6. The molecule has 2 rings (SSSR count). The molecule has 3 N–H and O–H groups in total. The summed E-state index contributed by atoms with van der Waals surface area (Å²) in [5.41, 5.74) is 6.28. The SMILES string of the molecule is CC1CCC(CNC(=O)c2sccc2N)C1. The number of hydrogen-bond donors (Lipinski definition) is 2. The van der Waals surface area contributed by atoms with E-state index in [0.29, 0.717) is 16.5 Å². The van der Waals surface area contributed by atoms with E-state index in [2.05, 4.69) is 12.2 Å². The molecule has 2 atom stereocenters. The van der Waals surface area contributed by atoms with Crippen LogP contribution in [0.5, 0.6) is 0 Å². The zero-order valence-electron chi connectivity index (χ0n) is 9.53. The molecule has 16 heavy (non-hydrogen) atoms. The molecule has 1 fully saturated rings. The molecule has 88 valence electrons. The zero-order chi connectivity index (χ0) is 11.5. The van der Waals surface area contributed by atoms with Gasteiger partial charge >= 0.3 is 0 Å². The highest BCUT2D eigenvalue weighted by atomic mass is 32.1. The molecule has 0 bridgehead atoms. The van der Waals surface area contributed by atoms with Crippen LogP contribution >= 0.6 is 11.3 Å². The van der Waals surface area contributed by atoms with Crippen molar-refractivity contribution in [3.63, 3.8) is 0 Å². The monoisotopic (exact) mass is 238 g/mol. The van der Waals surface area contributed by atoms with Crippen LogP contribution < -0.4 is 11.1 Å². The lowest BCUT2D eigenvalue weighted by atomic mass is 10.1. The fourth-order valence-corrected chi connectivity index (χ4v) is 3.07. The number of nitrogen functional groups attached to an aromatic ring is 1. The number of hydrogen-bond acceptors (Lipinski definition) is 3. The minimum absolute atomic E-state index is 0.0212. The second kappa shape index (κ2) is 4.87. The van der Waals surface area contributed by atoms with E-state index >= 15 is 0 Å². The summed E-state index contributed by atoms with van der Waals surface area (Å²) in [6.07, 6.45) is 3.77. The number of anilines is 1. The molecule has 1 aliphatic carbocycles.